The zero-order chi connectivity index (χ0) is 21.4. The lowest BCUT2D eigenvalue weighted by Gasteiger charge is -2.56. The number of alkyl halides is 2. The highest BCUT2D eigenvalue weighted by Gasteiger charge is 2.55. The highest BCUT2D eigenvalue weighted by Crippen LogP contribution is 2.47. The second-order valence-electron chi connectivity index (χ2n) is 9.47. The summed E-state index contributed by atoms with van der Waals surface area (Å²) in [6.45, 7) is -0.139. The molecule has 0 spiro atoms. The van der Waals surface area contributed by atoms with Gasteiger partial charge in [0.25, 0.3) is 0 Å². The number of halogens is 2. The molecule has 6 nitrogen and oxygen atoms in total. The molecule has 0 aromatic rings. The molecule has 0 aromatic carbocycles. The van der Waals surface area contributed by atoms with Crippen molar-refractivity contribution in [2.45, 2.75) is 104 Å². The van der Waals surface area contributed by atoms with E-state index in [4.69, 9.17) is 16.3 Å². The summed E-state index contributed by atoms with van der Waals surface area (Å²) in [4.78, 5) is 25.1. The number of carbonyl (C=O) groups excluding carboxylic acids is 2. The number of hydrogen-bond acceptors (Lipinski definition) is 5. The molecular weight excluding hydrogens is 431 g/mol. The molecule has 5 fully saturated rings. The number of thioether (sulfide) groups is 1. The number of amides is 2. The topological polar surface area (TPSA) is 87.7 Å². The third kappa shape index (κ3) is 4.76. The Balaban J connectivity index is 1.27. The number of fused-ring (bicyclic) bond motifs is 3. The van der Waals surface area contributed by atoms with E-state index in [0.717, 1.165) is 31.4 Å². The molecule has 4 saturated carbocycles. The van der Waals surface area contributed by atoms with Crippen LogP contribution in [0.2, 0.25) is 0 Å². The van der Waals surface area contributed by atoms with Gasteiger partial charge in [0.2, 0.25) is 11.8 Å². The van der Waals surface area contributed by atoms with Gasteiger partial charge in [-0.05, 0) is 63.5 Å². The van der Waals surface area contributed by atoms with Gasteiger partial charge in [-0.2, -0.15) is 0 Å². The van der Waals surface area contributed by atoms with Gasteiger partial charge in [0.05, 0.1) is 28.4 Å². The minimum absolute atomic E-state index is 0.0276. The van der Waals surface area contributed by atoms with E-state index in [1.54, 1.807) is 11.8 Å². The standard InChI is InChI=1S/C21H32ClFN2O4S/c22-14-4-3-13(10-15(14)23)29-12-18(27)24-21-7-5-20(6-8-21,11-17(21)26)25-19(28)16-2-1-9-30-16/h13-17,26H,1-12H2,(H,24,27)(H,25,28). The monoisotopic (exact) mass is 462 g/mol. The maximum Gasteiger partial charge on any atom is 0.246 e. The highest BCUT2D eigenvalue weighted by atomic mass is 35.5. The molecule has 5 atom stereocenters. The van der Waals surface area contributed by atoms with E-state index in [0.29, 0.717) is 32.1 Å². The number of ether oxygens (including phenoxy) is 1. The van der Waals surface area contributed by atoms with Crippen LogP contribution in [0.5, 0.6) is 0 Å². The number of carbonyl (C=O) groups is 2. The number of nitrogens with one attached hydrogen (secondary N) is 2. The number of hydrogen-bond donors (Lipinski definition) is 3. The van der Waals surface area contributed by atoms with Crippen molar-refractivity contribution in [2.75, 3.05) is 12.4 Å². The van der Waals surface area contributed by atoms with Crippen LogP contribution in [0, 0.1) is 0 Å². The third-order valence-corrected chi connectivity index (χ3v) is 9.28. The van der Waals surface area contributed by atoms with Crippen molar-refractivity contribution in [3.8, 4) is 0 Å². The van der Waals surface area contributed by atoms with Gasteiger partial charge in [-0.25, -0.2) is 4.39 Å². The number of aliphatic hydroxyl groups is 1. The van der Waals surface area contributed by atoms with Crippen molar-refractivity contribution in [1.82, 2.24) is 10.6 Å². The Morgan fingerprint density at radius 2 is 1.93 bits per heavy atom. The van der Waals surface area contributed by atoms with E-state index in [1.165, 1.54) is 0 Å². The van der Waals surface area contributed by atoms with Crippen LogP contribution in [-0.2, 0) is 14.3 Å². The fraction of sp³-hybridized carbons (Fsp3) is 0.905. The average molecular weight is 463 g/mol. The van der Waals surface area contributed by atoms with Crippen LogP contribution in [0.3, 0.4) is 0 Å². The Hall–Kier alpha value is -0.570. The van der Waals surface area contributed by atoms with Gasteiger partial charge >= 0.3 is 0 Å². The fourth-order valence-corrected chi connectivity index (χ4v) is 6.88. The zero-order valence-electron chi connectivity index (χ0n) is 17.2. The maximum atomic E-state index is 13.7. The summed E-state index contributed by atoms with van der Waals surface area (Å²) in [5.74, 6) is 0.845. The van der Waals surface area contributed by atoms with Gasteiger partial charge in [-0.3, -0.25) is 9.59 Å². The van der Waals surface area contributed by atoms with Crippen LogP contribution in [0.4, 0.5) is 4.39 Å². The van der Waals surface area contributed by atoms with Crippen molar-refractivity contribution in [1.29, 1.82) is 0 Å². The molecule has 2 bridgehead atoms. The lowest BCUT2D eigenvalue weighted by atomic mass is 9.60. The molecule has 170 valence electrons. The number of rotatable bonds is 6. The maximum absolute atomic E-state index is 13.7. The molecule has 30 heavy (non-hydrogen) atoms. The van der Waals surface area contributed by atoms with Gasteiger partial charge in [-0.15, -0.1) is 23.4 Å². The van der Waals surface area contributed by atoms with Gasteiger partial charge < -0.3 is 20.5 Å². The minimum atomic E-state index is -1.10. The molecule has 1 aliphatic heterocycles. The molecule has 5 unspecified atom stereocenters. The minimum Gasteiger partial charge on any atom is -0.391 e. The van der Waals surface area contributed by atoms with E-state index in [9.17, 15) is 19.1 Å². The van der Waals surface area contributed by atoms with Gasteiger partial charge in [-0.1, -0.05) is 0 Å². The Labute approximate surface area is 186 Å². The molecule has 5 aliphatic rings. The zero-order valence-corrected chi connectivity index (χ0v) is 18.8. The molecule has 0 radical (unpaired) electrons. The summed E-state index contributed by atoms with van der Waals surface area (Å²) in [6.07, 6.45) is 4.52. The fourth-order valence-electron chi connectivity index (χ4n) is 5.49. The largest absolute Gasteiger partial charge is 0.391 e. The smallest absolute Gasteiger partial charge is 0.246 e. The van der Waals surface area contributed by atoms with Crippen molar-refractivity contribution >= 4 is 35.2 Å². The van der Waals surface area contributed by atoms with E-state index in [1.807, 2.05) is 0 Å². The van der Waals surface area contributed by atoms with Crippen LogP contribution in [0.1, 0.15) is 64.2 Å². The van der Waals surface area contributed by atoms with Crippen LogP contribution in [0.25, 0.3) is 0 Å². The Morgan fingerprint density at radius 3 is 2.57 bits per heavy atom. The normalized spacial score (nSPS) is 43.4. The van der Waals surface area contributed by atoms with E-state index < -0.39 is 23.2 Å². The van der Waals surface area contributed by atoms with E-state index in [2.05, 4.69) is 10.6 Å². The molecular formula is C21H32ClFN2O4S. The quantitative estimate of drug-likeness (QED) is 0.528. The SMILES string of the molecule is O=C(COC1CCC(Cl)C(F)C1)NC12CCC(NC(=O)C3CCCS3)(CC1)CC2O. The summed E-state index contributed by atoms with van der Waals surface area (Å²) in [5, 5.41) is 16.6. The summed E-state index contributed by atoms with van der Waals surface area (Å²) >= 11 is 7.61. The first-order valence-corrected chi connectivity index (χ1v) is 12.6. The van der Waals surface area contributed by atoms with Crippen molar-refractivity contribution < 1.29 is 23.8 Å². The van der Waals surface area contributed by atoms with Crippen molar-refractivity contribution in [3.05, 3.63) is 0 Å². The lowest BCUT2D eigenvalue weighted by molar-refractivity contribution is -0.140. The Bertz CT molecular complexity index is 655. The summed E-state index contributed by atoms with van der Waals surface area (Å²) in [5.41, 5.74) is -1.02. The molecule has 4 aliphatic carbocycles. The van der Waals surface area contributed by atoms with E-state index >= 15 is 0 Å². The summed E-state index contributed by atoms with van der Waals surface area (Å²) in [7, 11) is 0. The van der Waals surface area contributed by atoms with E-state index in [-0.39, 0.29) is 41.7 Å². The first kappa shape index (κ1) is 22.6. The molecule has 1 heterocycles. The first-order valence-electron chi connectivity index (χ1n) is 11.1. The average Bonchev–Trinajstić information content (AvgIpc) is 3.25. The van der Waals surface area contributed by atoms with Crippen LogP contribution < -0.4 is 10.6 Å². The highest BCUT2D eigenvalue weighted by molar-refractivity contribution is 8.00. The molecule has 2 amide bonds. The first-order chi connectivity index (χ1) is 14.3. The predicted octanol–water partition coefficient (Wildman–Crippen LogP) is 2.45. The second-order valence-corrected chi connectivity index (χ2v) is 11.3. The third-order valence-electron chi connectivity index (χ3n) is 7.42. The van der Waals surface area contributed by atoms with Crippen LogP contribution in [0.15, 0.2) is 0 Å². The predicted molar refractivity (Wildman–Crippen MR) is 114 cm³/mol. The van der Waals surface area contributed by atoms with Gasteiger partial charge in [0, 0.05) is 12.0 Å². The molecule has 3 N–H and O–H groups in total. The molecule has 1 saturated heterocycles. The lowest BCUT2D eigenvalue weighted by Crippen LogP contribution is -2.70. The molecule has 5 rings (SSSR count). The van der Waals surface area contributed by atoms with Crippen molar-refractivity contribution in [3.63, 3.8) is 0 Å². The van der Waals surface area contributed by atoms with Gasteiger partial charge in [0.1, 0.15) is 12.8 Å². The summed E-state index contributed by atoms with van der Waals surface area (Å²) in [6, 6.07) is 0. The number of aliphatic hydroxyl groups excluding tert-OH is 1. The van der Waals surface area contributed by atoms with Crippen LogP contribution in [-0.4, -0.2) is 69.4 Å². The Morgan fingerprint density at radius 1 is 1.17 bits per heavy atom. The molecule has 9 heteroatoms. The summed E-state index contributed by atoms with van der Waals surface area (Å²) < 4.78 is 19.4. The van der Waals surface area contributed by atoms with Crippen LogP contribution >= 0.6 is 23.4 Å². The molecule has 0 aromatic heterocycles. The Kier molecular flexibility index (Phi) is 6.88. The van der Waals surface area contributed by atoms with Crippen molar-refractivity contribution in [2.24, 2.45) is 0 Å². The van der Waals surface area contributed by atoms with Gasteiger partial charge in [0.15, 0.2) is 0 Å². The second kappa shape index (κ2) is 9.12.